The summed E-state index contributed by atoms with van der Waals surface area (Å²) in [5.41, 5.74) is 1.34. The van der Waals surface area contributed by atoms with E-state index in [2.05, 4.69) is 4.98 Å². The van der Waals surface area contributed by atoms with Crippen molar-refractivity contribution in [2.45, 2.75) is 6.42 Å². The molecule has 3 amide bonds. The van der Waals surface area contributed by atoms with E-state index in [1.807, 2.05) is 37.2 Å². The van der Waals surface area contributed by atoms with Gasteiger partial charge in [0.1, 0.15) is 17.8 Å². The number of aromatic nitrogens is 1. The van der Waals surface area contributed by atoms with Crippen LogP contribution >= 0.6 is 11.3 Å². The standard InChI is InChI=1S/C23H24N4O4S/c1-25(2)12-7-13-26(23-24-20-17(31-3)10-6-11-18(20)32-23)19(28)14-27-21(29)15-8-4-5-9-16(15)22(27)30/h4-6,8-11H,7,12-14H2,1-3H3. The van der Waals surface area contributed by atoms with Gasteiger partial charge in [-0.25, -0.2) is 4.98 Å². The number of carbonyl (C=O) groups is 3. The highest BCUT2D eigenvalue weighted by atomic mass is 32.1. The largest absolute Gasteiger partial charge is 0.494 e. The van der Waals surface area contributed by atoms with E-state index < -0.39 is 11.8 Å². The summed E-state index contributed by atoms with van der Waals surface area (Å²) in [7, 11) is 5.51. The molecule has 0 aliphatic carbocycles. The van der Waals surface area contributed by atoms with Gasteiger partial charge in [0.15, 0.2) is 5.13 Å². The Hall–Kier alpha value is -3.30. The molecule has 0 spiro atoms. The molecule has 0 N–H and O–H groups in total. The van der Waals surface area contributed by atoms with Crippen LogP contribution in [0.15, 0.2) is 42.5 Å². The Balaban J connectivity index is 1.61. The summed E-state index contributed by atoms with van der Waals surface area (Å²) in [6, 6.07) is 12.2. The molecule has 0 fully saturated rings. The molecule has 0 saturated heterocycles. The molecule has 3 aromatic rings. The monoisotopic (exact) mass is 452 g/mol. The lowest BCUT2D eigenvalue weighted by Crippen LogP contribution is -2.43. The average molecular weight is 453 g/mol. The van der Waals surface area contributed by atoms with E-state index in [1.54, 1.807) is 36.3 Å². The van der Waals surface area contributed by atoms with Gasteiger partial charge in [0.2, 0.25) is 5.91 Å². The van der Waals surface area contributed by atoms with Crippen molar-refractivity contribution >= 4 is 44.4 Å². The fraction of sp³-hybridized carbons (Fsp3) is 0.304. The van der Waals surface area contributed by atoms with E-state index in [0.29, 0.717) is 40.5 Å². The normalized spacial score (nSPS) is 13.2. The molecule has 2 aromatic carbocycles. The maximum Gasteiger partial charge on any atom is 0.262 e. The van der Waals surface area contributed by atoms with Crippen LogP contribution in [-0.4, -0.2) is 73.3 Å². The number of imide groups is 1. The molecule has 0 radical (unpaired) electrons. The predicted octanol–water partition coefficient (Wildman–Crippen LogP) is 2.89. The number of carbonyl (C=O) groups excluding carboxylic acids is 3. The zero-order valence-corrected chi connectivity index (χ0v) is 19.0. The van der Waals surface area contributed by atoms with Crippen molar-refractivity contribution in [3.05, 3.63) is 53.6 Å². The maximum atomic E-state index is 13.4. The molecule has 166 valence electrons. The third-order valence-corrected chi connectivity index (χ3v) is 6.32. The Bertz CT molecular complexity index is 1150. The van der Waals surface area contributed by atoms with Gasteiger partial charge in [0.05, 0.1) is 22.9 Å². The summed E-state index contributed by atoms with van der Waals surface area (Å²) in [6.45, 7) is 0.870. The van der Waals surface area contributed by atoms with E-state index in [4.69, 9.17) is 4.74 Å². The molecule has 0 bridgehead atoms. The molecule has 8 nitrogen and oxygen atoms in total. The molecule has 1 aliphatic heterocycles. The summed E-state index contributed by atoms with van der Waals surface area (Å²) in [4.78, 5) is 48.1. The van der Waals surface area contributed by atoms with Crippen LogP contribution in [0.5, 0.6) is 5.75 Å². The summed E-state index contributed by atoms with van der Waals surface area (Å²) in [6.07, 6.45) is 0.716. The van der Waals surface area contributed by atoms with Gasteiger partial charge in [0.25, 0.3) is 11.8 Å². The lowest BCUT2D eigenvalue weighted by atomic mass is 10.1. The van der Waals surface area contributed by atoms with E-state index >= 15 is 0 Å². The highest BCUT2D eigenvalue weighted by Crippen LogP contribution is 2.34. The zero-order chi connectivity index (χ0) is 22.8. The van der Waals surface area contributed by atoms with Crippen molar-refractivity contribution in [1.82, 2.24) is 14.8 Å². The predicted molar refractivity (Wildman–Crippen MR) is 124 cm³/mol. The second kappa shape index (κ2) is 9.05. The number of benzene rings is 2. The first-order chi connectivity index (χ1) is 15.4. The molecule has 2 heterocycles. The minimum absolute atomic E-state index is 0.328. The van der Waals surface area contributed by atoms with Crippen LogP contribution in [0.3, 0.4) is 0 Å². The van der Waals surface area contributed by atoms with E-state index in [-0.39, 0.29) is 12.5 Å². The molecule has 0 unspecified atom stereocenters. The number of methoxy groups -OCH3 is 1. The second-order valence-corrected chi connectivity index (χ2v) is 8.76. The number of para-hydroxylation sites is 1. The van der Waals surface area contributed by atoms with Gasteiger partial charge in [-0.15, -0.1) is 0 Å². The highest BCUT2D eigenvalue weighted by molar-refractivity contribution is 7.22. The summed E-state index contributed by atoms with van der Waals surface area (Å²) >= 11 is 1.38. The third kappa shape index (κ3) is 4.09. The van der Waals surface area contributed by atoms with E-state index in [0.717, 1.165) is 16.1 Å². The van der Waals surface area contributed by atoms with Crippen molar-refractivity contribution in [2.24, 2.45) is 0 Å². The Morgan fingerprint density at radius 3 is 2.34 bits per heavy atom. The van der Waals surface area contributed by atoms with Crippen LogP contribution in [0, 0.1) is 0 Å². The van der Waals surface area contributed by atoms with Crippen molar-refractivity contribution in [3.8, 4) is 5.75 Å². The van der Waals surface area contributed by atoms with Crippen LogP contribution in [0.25, 0.3) is 10.2 Å². The molecular formula is C23H24N4O4S. The quantitative estimate of drug-likeness (QED) is 0.489. The Morgan fingerprint density at radius 2 is 1.72 bits per heavy atom. The van der Waals surface area contributed by atoms with Gasteiger partial charge in [-0.05, 0) is 51.3 Å². The lowest BCUT2D eigenvalue weighted by Gasteiger charge is -2.23. The minimum Gasteiger partial charge on any atom is -0.494 e. The Labute approximate surface area is 190 Å². The van der Waals surface area contributed by atoms with Crippen LogP contribution in [0.4, 0.5) is 5.13 Å². The number of ether oxygens (including phenoxy) is 1. The van der Waals surface area contributed by atoms with Crippen LogP contribution in [0.1, 0.15) is 27.1 Å². The number of anilines is 1. The zero-order valence-electron chi connectivity index (χ0n) is 18.2. The molecule has 4 rings (SSSR count). The molecule has 1 aliphatic rings. The number of fused-ring (bicyclic) bond motifs is 2. The van der Waals surface area contributed by atoms with Crippen LogP contribution < -0.4 is 9.64 Å². The fourth-order valence-electron chi connectivity index (χ4n) is 3.67. The van der Waals surface area contributed by atoms with Gasteiger partial charge in [-0.2, -0.15) is 0 Å². The number of thiazole rings is 1. The fourth-order valence-corrected chi connectivity index (χ4v) is 4.69. The van der Waals surface area contributed by atoms with Gasteiger partial charge in [-0.1, -0.05) is 29.5 Å². The summed E-state index contributed by atoms with van der Waals surface area (Å²) in [5, 5.41) is 0.518. The molecule has 0 atom stereocenters. The van der Waals surface area contributed by atoms with Crippen LogP contribution in [-0.2, 0) is 4.79 Å². The molecular weight excluding hydrogens is 428 g/mol. The highest BCUT2D eigenvalue weighted by Gasteiger charge is 2.37. The first-order valence-electron chi connectivity index (χ1n) is 10.2. The molecule has 0 saturated carbocycles. The van der Waals surface area contributed by atoms with Crippen molar-refractivity contribution < 1.29 is 19.1 Å². The topological polar surface area (TPSA) is 83.0 Å². The van der Waals surface area contributed by atoms with Crippen molar-refractivity contribution in [3.63, 3.8) is 0 Å². The molecule has 32 heavy (non-hydrogen) atoms. The van der Waals surface area contributed by atoms with Gasteiger partial charge in [-0.3, -0.25) is 24.2 Å². The second-order valence-electron chi connectivity index (χ2n) is 7.75. The number of nitrogens with zero attached hydrogens (tertiary/aromatic N) is 4. The summed E-state index contributed by atoms with van der Waals surface area (Å²) in [5.74, 6) is -0.612. The number of amides is 3. The number of hydrogen-bond acceptors (Lipinski definition) is 7. The van der Waals surface area contributed by atoms with Crippen LogP contribution in [0.2, 0.25) is 0 Å². The maximum absolute atomic E-state index is 13.4. The van der Waals surface area contributed by atoms with Gasteiger partial charge < -0.3 is 9.64 Å². The van der Waals surface area contributed by atoms with Gasteiger partial charge >= 0.3 is 0 Å². The minimum atomic E-state index is -0.446. The first kappa shape index (κ1) is 21.9. The summed E-state index contributed by atoms with van der Waals surface area (Å²) < 4.78 is 6.30. The number of rotatable bonds is 8. The Morgan fingerprint density at radius 1 is 1.03 bits per heavy atom. The van der Waals surface area contributed by atoms with Crippen molar-refractivity contribution in [1.29, 1.82) is 0 Å². The Kier molecular flexibility index (Phi) is 6.20. The molecule has 9 heteroatoms. The van der Waals surface area contributed by atoms with E-state index in [9.17, 15) is 14.4 Å². The van der Waals surface area contributed by atoms with Crippen molar-refractivity contribution in [2.75, 3.05) is 45.7 Å². The number of hydrogen-bond donors (Lipinski definition) is 0. The lowest BCUT2D eigenvalue weighted by molar-refractivity contribution is -0.119. The SMILES string of the molecule is COc1cccc2sc(N(CCCN(C)C)C(=O)CN3C(=O)c4ccccc4C3=O)nc12. The molecule has 1 aromatic heterocycles. The third-order valence-electron chi connectivity index (χ3n) is 5.28. The van der Waals surface area contributed by atoms with Gasteiger partial charge in [0, 0.05) is 6.54 Å². The first-order valence-corrected chi connectivity index (χ1v) is 11.1. The van der Waals surface area contributed by atoms with E-state index in [1.165, 1.54) is 11.3 Å². The smallest absolute Gasteiger partial charge is 0.262 e. The average Bonchev–Trinajstić information content (AvgIpc) is 3.31.